The zero-order valence-corrected chi connectivity index (χ0v) is 8.74. The number of rotatable bonds is 4. The molecule has 0 radical (unpaired) electrons. The van der Waals surface area contributed by atoms with Crippen LogP contribution in [-0.4, -0.2) is 35.2 Å². The molecule has 1 heterocycles. The van der Waals surface area contributed by atoms with Crippen LogP contribution < -0.4 is 0 Å². The molecule has 0 aromatic heterocycles. The molecule has 0 aromatic rings. The van der Waals surface area contributed by atoms with Gasteiger partial charge in [0.2, 0.25) is 0 Å². The molecule has 2 nitrogen and oxygen atoms in total. The van der Waals surface area contributed by atoms with E-state index in [9.17, 15) is 5.11 Å². The number of aliphatic hydroxyl groups excluding tert-OH is 1. The predicted molar refractivity (Wildman–Crippen MR) is 55.6 cm³/mol. The summed E-state index contributed by atoms with van der Waals surface area (Å²) in [5, 5.41) is 9.40. The highest BCUT2D eigenvalue weighted by molar-refractivity contribution is 4.84. The second kappa shape index (κ2) is 4.77. The summed E-state index contributed by atoms with van der Waals surface area (Å²) in [4.78, 5) is 2.37. The van der Waals surface area contributed by atoms with Gasteiger partial charge in [0.05, 0.1) is 6.10 Å². The quantitative estimate of drug-likeness (QED) is 0.670. The van der Waals surface area contributed by atoms with Crippen molar-refractivity contribution in [2.24, 2.45) is 5.92 Å². The first kappa shape index (κ1) is 10.7. The van der Waals surface area contributed by atoms with Crippen molar-refractivity contribution in [3.8, 4) is 0 Å². The average Bonchev–Trinajstić information content (AvgIpc) is 2.51. The van der Waals surface area contributed by atoms with Gasteiger partial charge in [0.15, 0.2) is 0 Å². The van der Waals surface area contributed by atoms with Crippen molar-refractivity contribution in [3.63, 3.8) is 0 Å². The summed E-state index contributed by atoms with van der Waals surface area (Å²) >= 11 is 0. The SMILES string of the molecule is C=CCC(C)C(C)N1CC[C@@H](O)C1. The van der Waals surface area contributed by atoms with Crippen molar-refractivity contribution in [1.29, 1.82) is 0 Å². The van der Waals surface area contributed by atoms with E-state index in [0.717, 1.165) is 25.9 Å². The molecule has 76 valence electrons. The monoisotopic (exact) mass is 183 g/mol. The molecule has 3 atom stereocenters. The highest BCUT2D eigenvalue weighted by atomic mass is 16.3. The van der Waals surface area contributed by atoms with Crippen LogP contribution in [0.15, 0.2) is 12.7 Å². The van der Waals surface area contributed by atoms with Gasteiger partial charge in [-0.05, 0) is 25.7 Å². The standard InChI is InChI=1S/C11H21NO/c1-4-5-9(2)10(3)12-7-6-11(13)8-12/h4,9-11,13H,1,5-8H2,2-3H3/t9?,10?,11-/m1/s1. The molecule has 0 amide bonds. The van der Waals surface area contributed by atoms with Gasteiger partial charge in [-0.3, -0.25) is 4.90 Å². The third kappa shape index (κ3) is 2.82. The molecule has 2 unspecified atom stereocenters. The molecule has 1 aliphatic heterocycles. The van der Waals surface area contributed by atoms with Gasteiger partial charge in [-0.15, -0.1) is 6.58 Å². The topological polar surface area (TPSA) is 23.5 Å². The van der Waals surface area contributed by atoms with Crippen LogP contribution in [0.4, 0.5) is 0 Å². The van der Waals surface area contributed by atoms with Gasteiger partial charge in [-0.25, -0.2) is 0 Å². The molecule has 0 aromatic carbocycles. The predicted octanol–water partition coefficient (Wildman–Crippen LogP) is 1.65. The summed E-state index contributed by atoms with van der Waals surface area (Å²) in [5.41, 5.74) is 0. The Bertz CT molecular complexity index is 169. The molecule has 0 saturated carbocycles. The number of allylic oxidation sites excluding steroid dienone is 1. The molecule has 1 rings (SSSR count). The van der Waals surface area contributed by atoms with Gasteiger partial charge in [0, 0.05) is 19.1 Å². The Balaban J connectivity index is 2.37. The number of hydrogen-bond acceptors (Lipinski definition) is 2. The van der Waals surface area contributed by atoms with E-state index in [2.05, 4.69) is 25.3 Å². The third-order valence-corrected chi connectivity index (χ3v) is 3.13. The largest absolute Gasteiger partial charge is 0.392 e. The lowest BCUT2D eigenvalue weighted by Crippen LogP contribution is -2.36. The number of β-amino-alcohol motifs (C(OH)–C–C–N with tert-alkyl or cyclic N) is 1. The van der Waals surface area contributed by atoms with Crippen molar-refractivity contribution in [2.75, 3.05) is 13.1 Å². The fraction of sp³-hybridized carbons (Fsp3) is 0.818. The maximum Gasteiger partial charge on any atom is 0.0679 e. The van der Waals surface area contributed by atoms with Crippen LogP contribution in [0, 0.1) is 5.92 Å². The summed E-state index contributed by atoms with van der Waals surface area (Å²) in [7, 11) is 0. The van der Waals surface area contributed by atoms with Gasteiger partial charge in [0.25, 0.3) is 0 Å². The van der Waals surface area contributed by atoms with Gasteiger partial charge >= 0.3 is 0 Å². The van der Waals surface area contributed by atoms with Crippen LogP contribution in [0.2, 0.25) is 0 Å². The zero-order valence-electron chi connectivity index (χ0n) is 8.74. The van der Waals surface area contributed by atoms with Crippen molar-refractivity contribution >= 4 is 0 Å². The summed E-state index contributed by atoms with van der Waals surface area (Å²) < 4.78 is 0. The van der Waals surface area contributed by atoms with Crippen LogP contribution >= 0.6 is 0 Å². The molecule has 0 aliphatic carbocycles. The van der Waals surface area contributed by atoms with E-state index in [1.54, 1.807) is 0 Å². The number of likely N-dealkylation sites (tertiary alicyclic amines) is 1. The van der Waals surface area contributed by atoms with Crippen molar-refractivity contribution in [2.45, 2.75) is 38.8 Å². The zero-order chi connectivity index (χ0) is 9.84. The Hall–Kier alpha value is -0.340. The third-order valence-electron chi connectivity index (χ3n) is 3.13. The second-order valence-electron chi connectivity index (χ2n) is 4.18. The number of nitrogens with zero attached hydrogens (tertiary/aromatic N) is 1. The van der Waals surface area contributed by atoms with Crippen LogP contribution in [0.1, 0.15) is 26.7 Å². The molecule has 13 heavy (non-hydrogen) atoms. The van der Waals surface area contributed by atoms with E-state index < -0.39 is 0 Å². The fourth-order valence-corrected chi connectivity index (χ4v) is 1.96. The molecule has 1 N–H and O–H groups in total. The van der Waals surface area contributed by atoms with E-state index in [0.29, 0.717) is 12.0 Å². The fourth-order valence-electron chi connectivity index (χ4n) is 1.96. The summed E-state index contributed by atoms with van der Waals surface area (Å²) in [6.07, 6.45) is 3.88. The van der Waals surface area contributed by atoms with E-state index in [1.807, 2.05) is 6.08 Å². The normalized spacial score (nSPS) is 28.7. The molecular formula is C11H21NO. The maximum absolute atomic E-state index is 9.40. The van der Waals surface area contributed by atoms with E-state index in [-0.39, 0.29) is 6.10 Å². The molecule has 1 saturated heterocycles. The summed E-state index contributed by atoms with van der Waals surface area (Å²) in [6.45, 7) is 10.1. The van der Waals surface area contributed by atoms with Crippen LogP contribution in [0.5, 0.6) is 0 Å². The smallest absolute Gasteiger partial charge is 0.0679 e. The lowest BCUT2D eigenvalue weighted by atomic mass is 9.99. The van der Waals surface area contributed by atoms with Crippen LogP contribution in [0.3, 0.4) is 0 Å². The van der Waals surface area contributed by atoms with E-state index in [1.165, 1.54) is 0 Å². The average molecular weight is 183 g/mol. The summed E-state index contributed by atoms with van der Waals surface area (Å²) in [5.74, 6) is 0.641. The maximum atomic E-state index is 9.40. The van der Waals surface area contributed by atoms with Gasteiger partial charge in [-0.2, -0.15) is 0 Å². The molecule has 0 bridgehead atoms. The molecule has 1 aliphatic rings. The van der Waals surface area contributed by atoms with Crippen molar-refractivity contribution in [3.05, 3.63) is 12.7 Å². The number of hydrogen-bond donors (Lipinski definition) is 1. The minimum atomic E-state index is -0.0987. The minimum absolute atomic E-state index is 0.0987. The Kier molecular flexibility index (Phi) is 3.94. The number of aliphatic hydroxyl groups is 1. The first-order valence-corrected chi connectivity index (χ1v) is 5.18. The van der Waals surface area contributed by atoms with Crippen LogP contribution in [-0.2, 0) is 0 Å². The van der Waals surface area contributed by atoms with Gasteiger partial charge in [0.1, 0.15) is 0 Å². The van der Waals surface area contributed by atoms with Gasteiger partial charge < -0.3 is 5.11 Å². The Morgan fingerprint density at radius 3 is 2.77 bits per heavy atom. The highest BCUT2D eigenvalue weighted by Gasteiger charge is 2.26. The van der Waals surface area contributed by atoms with Gasteiger partial charge in [-0.1, -0.05) is 13.0 Å². The lowest BCUT2D eigenvalue weighted by molar-refractivity contribution is 0.145. The van der Waals surface area contributed by atoms with Crippen molar-refractivity contribution in [1.82, 2.24) is 4.90 Å². The van der Waals surface area contributed by atoms with Crippen molar-refractivity contribution < 1.29 is 5.11 Å². The molecule has 1 fully saturated rings. The van der Waals surface area contributed by atoms with Crippen LogP contribution in [0.25, 0.3) is 0 Å². The lowest BCUT2D eigenvalue weighted by Gasteiger charge is -2.28. The molecule has 2 heteroatoms. The Morgan fingerprint density at radius 1 is 1.62 bits per heavy atom. The first-order valence-electron chi connectivity index (χ1n) is 5.18. The summed E-state index contributed by atoms with van der Waals surface area (Å²) in [6, 6.07) is 0.565. The highest BCUT2D eigenvalue weighted by Crippen LogP contribution is 2.19. The molecule has 0 spiro atoms. The Labute approximate surface area is 81.2 Å². The second-order valence-corrected chi connectivity index (χ2v) is 4.18. The minimum Gasteiger partial charge on any atom is -0.392 e. The van der Waals surface area contributed by atoms with E-state index >= 15 is 0 Å². The molecular weight excluding hydrogens is 162 g/mol. The van der Waals surface area contributed by atoms with E-state index in [4.69, 9.17) is 0 Å². The Morgan fingerprint density at radius 2 is 2.31 bits per heavy atom. The first-order chi connectivity index (χ1) is 6.15.